The van der Waals surface area contributed by atoms with E-state index < -0.39 is 25.3 Å². The molecule has 1 unspecified atom stereocenters. The van der Waals surface area contributed by atoms with E-state index in [4.69, 9.17) is 9.47 Å². The average molecular weight is 745 g/mol. The van der Waals surface area contributed by atoms with Gasteiger partial charge in [-0.05, 0) is 133 Å². The Kier molecular flexibility index (Phi) is 10.4. The van der Waals surface area contributed by atoms with Crippen molar-refractivity contribution in [3.05, 3.63) is 162 Å². The number of sulfone groups is 2. The second kappa shape index (κ2) is 14.7. The van der Waals surface area contributed by atoms with E-state index in [0.717, 1.165) is 27.8 Å². The van der Waals surface area contributed by atoms with Crippen LogP contribution >= 0.6 is 0 Å². The summed E-state index contributed by atoms with van der Waals surface area (Å²) >= 11 is 0. The highest BCUT2D eigenvalue weighted by atomic mass is 32.2. The Morgan fingerprint density at radius 3 is 1.19 bits per heavy atom. The highest BCUT2D eigenvalue weighted by Crippen LogP contribution is 2.35. The standard InChI is InChI=1S/C45H44O6S2/c1-7-45(6,36-16-28-42(29-17-36)52(46,47)40-24-8-32(2)9-25-40)51-39-20-12-34(13-21-39)33-10-18-37(19-11-33)50-38-22-30-43(31-23-38)53(48,49)41-26-14-35(15-27-41)44(3,4)5/h8-31H,7H2,1-6H3. The monoisotopic (exact) mass is 744 g/mol. The molecule has 1 atom stereocenters. The van der Waals surface area contributed by atoms with Crippen LogP contribution in [0.3, 0.4) is 0 Å². The maximum Gasteiger partial charge on any atom is 0.206 e. The van der Waals surface area contributed by atoms with Crippen molar-refractivity contribution in [2.75, 3.05) is 0 Å². The maximum absolute atomic E-state index is 13.2. The molecule has 0 aliphatic heterocycles. The summed E-state index contributed by atoms with van der Waals surface area (Å²) in [6.07, 6.45) is 0.671. The molecule has 8 heteroatoms. The van der Waals surface area contributed by atoms with E-state index in [2.05, 4.69) is 20.8 Å². The SMILES string of the molecule is CCC(C)(Oc1ccc(-c2ccc(Oc3ccc(S(=O)(=O)c4ccc(C(C)(C)C)cc4)cc3)cc2)cc1)c1ccc(S(=O)(=O)c2ccc(C)cc2)cc1. The Balaban J connectivity index is 1.09. The smallest absolute Gasteiger partial charge is 0.206 e. The summed E-state index contributed by atoms with van der Waals surface area (Å²) in [5.74, 6) is 1.85. The first-order valence-electron chi connectivity index (χ1n) is 17.5. The summed E-state index contributed by atoms with van der Waals surface area (Å²) in [6, 6.07) is 42.8. The fraction of sp³-hybridized carbons (Fsp3) is 0.200. The van der Waals surface area contributed by atoms with E-state index in [1.807, 2.05) is 93.6 Å². The van der Waals surface area contributed by atoms with E-state index in [-0.39, 0.29) is 25.0 Å². The Morgan fingerprint density at radius 2 is 0.792 bits per heavy atom. The predicted octanol–water partition coefficient (Wildman–Crippen LogP) is 11.1. The van der Waals surface area contributed by atoms with Gasteiger partial charge < -0.3 is 9.47 Å². The minimum atomic E-state index is -3.66. The second-order valence-corrected chi connectivity index (χ2v) is 18.3. The van der Waals surface area contributed by atoms with Crippen molar-refractivity contribution in [1.82, 2.24) is 0 Å². The molecule has 53 heavy (non-hydrogen) atoms. The normalized spacial score (nSPS) is 13.2. The van der Waals surface area contributed by atoms with Crippen LogP contribution in [-0.2, 0) is 30.7 Å². The lowest BCUT2D eigenvalue weighted by Crippen LogP contribution is -2.28. The van der Waals surface area contributed by atoms with Crippen LogP contribution < -0.4 is 9.47 Å². The lowest BCUT2D eigenvalue weighted by molar-refractivity contribution is 0.0825. The Hall–Kier alpha value is -5.18. The minimum absolute atomic E-state index is 0.0632. The quantitative estimate of drug-likeness (QED) is 0.131. The number of rotatable bonds is 11. The van der Waals surface area contributed by atoms with Gasteiger partial charge in [0.2, 0.25) is 19.7 Å². The predicted molar refractivity (Wildman–Crippen MR) is 210 cm³/mol. The summed E-state index contributed by atoms with van der Waals surface area (Å²) in [4.78, 5) is 0.975. The van der Waals surface area contributed by atoms with E-state index in [0.29, 0.717) is 23.7 Å². The first-order valence-corrected chi connectivity index (χ1v) is 20.5. The molecule has 0 N–H and O–H groups in total. The Labute approximate surface area is 313 Å². The van der Waals surface area contributed by atoms with Gasteiger partial charge in [-0.2, -0.15) is 0 Å². The Bertz CT molecular complexity index is 2390. The van der Waals surface area contributed by atoms with E-state index >= 15 is 0 Å². The zero-order chi connectivity index (χ0) is 38.0. The molecule has 0 aliphatic carbocycles. The van der Waals surface area contributed by atoms with Crippen molar-refractivity contribution < 1.29 is 26.3 Å². The van der Waals surface area contributed by atoms with Crippen LogP contribution in [0.15, 0.2) is 165 Å². The van der Waals surface area contributed by atoms with Crippen LogP contribution in [0.2, 0.25) is 0 Å². The molecule has 6 aromatic carbocycles. The average Bonchev–Trinajstić information content (AvgIpc) is 3.15. The molecule has 0 saturated heterocycles. The van der Waals surface area contributed by atoms with Gasteiger partial charge >= 0.3 is 0 Å². The largest absolute Gasteiger partial charge is 0.483 e. The van der Waals surface area contributed by atoms with Crippen LogP contribution in [-0.4, -0.2) is 16.8 Å². The maximum atomic E-state index is 13.2. The number of hydrogen-bond donors (Lipinski definition) is 0. The van der Waals surface area contributed by atoms with Crippen molar-refractivity contribution >= 4 is 19.7 Å². The van der Waals surface area contributed by atoms with Crippen LogP contribution in [0.5, 0.6) is 17.2 Å². The van der Waals surface area contributed by atoms with Gasteiger partial charge in [0, 0.05) is 0 Å². The molecule has 0 fully saturated rings. The van der Waals surface area contributed by atoms with Gasteiger partial charge in [0.15, 0.2) is 0 Å². The van der Waals surface area contributed by atoms with E-state index in [1.165, 1.54) is 0 Å². The van der Waals surface area contributed by atoms with Gasteiger partial charge in [0.1, 0.15) is 22.8 Å². The zero-order valence-electron chi connectivity index (χ0n) is 30.8. The molecule has 0 saturated carbocycles. The summed E-state index contributed by atoms with van der Waals surface area (Å²) in [7, 11) is -7.28. The van der Waals surface area contributed by atoms with Gasteiger partial charge in [-0.15, -0.1) is 0 Å². The molecular weight excluding hydrogens is 701 g/mol. The summed E-state index contributed by atoms with van der Waals surface area (Å²) in [6.45, 7) is 12.2. The highest BCUT2D eigenvalue weighted by Gasteiger charge is 2.28. The zero-order valence-corrected chi connectivity index (χ0v) is 32.5. The lowest BCUT2D eigenvalue weighted by atomic mass is 9.87. The fourth-order valence-corrected chi connectivity index (χ4v) is 8.48. The fourth-order valence-electron chi connectivity index (χ4n) is 5.96. The number of benzene rings is 6. The van der Waals surface area contributed by atoms with Gasteiger partial charge in [-0.25, -0.2) is 16.8 Å². The van der Waals surface area contributed by atoms with Crippen LogP contribution in [0.25, 0.3) is 11.1 Å². The molecule has 0 bridgehead atoms. The van der Waals surface area contributed by atoms with Gasteiger partial charge in [0.25, 0.3) is 0 Å². The molecule has 0 aromatic heterocycles. The molecule has 0 aliphatic rings. The number of ether oxygens (including phenoxy) is 2. The van der Waals surface area contributed by atoms with Crippen molar-refractivity contribution in [1.29, 1.82) is 0 Å². The molecule has 0 heterocycles. The van der Waals surface area contributed by atoms with Gasteiger partial charge in [0.05, 0.1) is 19.6 Å². The third kappa shape index (κ3) is 8.24. The Morgan fingerprint density at radius 1 is 0.453 bits per heavy atom. The number of hydrogen-bond acceptors (Lipinski definition) is 6. The van der Waals surface area contributed by atoms with Gasteiger partial charge in [-0.1, -0.05) is 93.9 Å². The summed E-state index contributed by atoms with van der Waals surface area (Å²) in [5, 5.41) is 0. The van der Waals surface area contributed by atoms with E-state index in [1.54, 1.807) is 72.8 Å². The molecule has 6 nitrogen and oxygen atoms in total. The molecule has 272 valence electrons. The first kappa shape index (κ1) is 37.6. The van der Waals surface area contributed by atoms with Crippen molar-refractivity contribution in [2.24, 2.45) is 0 Å². The molecule has 0 amide bonds. The molecular formula is C45H44O6S2. The van der Waals surface area contributed by atoms with Crippen LogP contribution in [0.4, 0.5) is 0 Å². The molecule has 6 aromatic rings. The second-order valence-electron chi connectivity index (χ2n) is 14.4. The highest BCUT2D eigenvalue weighted by molar-refractivity contribution is 7.91. The molecule has 0 spiro atoms. The molecule has 0 radical (unpaired) electrons. The lowest BCUT2D eigenvalue weighted by Gasteiger charge is -2.30. The first-order chi connectivity index (χ1) is 25.1. The van der Waals surface area contributed by atoms with Crippen molar-refractivity contribution in [3.8, 4) is 28.4 Å². The third-order valence-electron chi connectivity index (χ3n) is 9.57. The van der Waals surface area contributed by atoms with Crippen LogP contribution in [0, 0.1) is 6.92 Å². The van der Waals surface area contributed by atoms with Crippen molar-refractivity contribution in [2.45, 2.75) is 78.6 Å². The van der Waals surface area contributed by atoms with Gasteiger partial charge in [-0.3, -0.25) is 0 Å². The van der Waals surface area contributed by atoms with Crippen LogP contribution in [0.1, 0.15) is 57.7 Å². The molecule has 6 rings (SSSR count). The minimum Gasteiger partial charge on any atom is -0.483 e. The summed E-state index contributed by atoms with van der Waals surface area (Å²) in [5.41, 5.74) is 4.21. The van der Waals surface area contributed by atoms with E-state index in [9.17, 15) is 16.8 Å². The topological polar surface area (TPSA) is 86.7 Å². The third-order valence-corrected chi connectivity index (χ3v) is 13.1. The van der Waals surface area contributed by atoms with Crippen molar-refractivity contribution in [3.63, 3.8) is 0 Å². The summed E-state index contributed by atoms with van der Waals surface area (Å²) < 4.78 is 65.3. The number of aryl methyl sites for hydroxylation is 1.